The third-order valence-corrected chi connectivity index (χ3v) is 5.47. The fourth-order valence-electron chi connectivity index (χ4n) is 3.69. The van der Waals surface area contributed by atoms with Gasteiger partial charge >= 0.3 is 6.03 Å². The third kappa shape index (κ3) is 4.13. The summed E-state index contributed by atoms with van der Waals surface area (Å²) in [5, 5.41) is 3.53. The molecule has 2 fully saturated rings. The Hall–Kier alpha value is -2.57. The number of nitrogens with one attached hydrogen (secondary N) is 1. The van der Waals surface area contributed by atoms with E-state index in [1.165, 1.54) is 5.56 Å². The van der Waals surface area contributed by atoms with Crippen LogP contribution < -0.4 is 10.2 Å². The van der Waals surface area contributed by atoms with Crippen LogP contribution in [0.3, 0.4) is 0 Å². The Morgan fingerprint density at radius 1 is 1.00 bits per heavy atom. The lowest BCUT2D eigenvalue weighted by Crippen LogP contribution is -2.48. The molecule has 0 bridgehead atoms. The zero-order valence-corrected chi connectivity index (χ0v) is 16.4. The molecule has 7 heteroatoms. The van der Waals surface area contributed by atoms with E-state index in [-0.39, 0.29) is 11.9 Å². The number of anilines is 1. The minimum Gasteiger partial charge on any atom is -0.336 e. The second-order valence-corrected chi connectivity index (χ2v) is 7.57. The number of amides is 3. The quantitative estimate of drug-likeness (QED) is 0.861. The van der Waals surface area contributed by atoms with Crippen molar-refractivity contribution >= 4 is 29.2 Å². The number of carbonyl (C=O) groups excluding carboxylic acids is 2. The van der Waals surface area contributed by atoms with Crippen LogP contribution in [-0.2, 0) is 6.54 Å². The summed E-state index contributed by atoms with van der Waals surface area (Å²) >= 11 is 6.06. The fourth-order valence-corrected chi connectivity index (χ4v) is 3.90. The first-order valence-electron chi connectivity index (χ1n) is 9.52. The van der Waals surface area contributed by atoms with Crippen LogP contribution in [-0.4, -0.2) is 61.0 Å². The molecule has 2 saturated heterocycles. The van der Waals surface area contributed by atoms with Gasteiger partial charge in [0.15, 0.2) is 0 Å². The van der Waals surface area contributed by atoms with Crippen molar-refractivity contribution in [2.75, 3.05) is 44.2 Å². The predicted octanol–water partition coefficient (Wildman–Crippen LogP) is 2.83. The summed E-state index contributed by atoms with van der Waals surface area (Å²) in [6, 6.07) is 15.1. The maximum atomic E-state index is 12.8. The second-order valence-electron chi connectivity index (χ2n) is 7.13. The minimum absolute atomic E-state index is 0.0415. The molecular formula is C21H23ClN4O2. The van der Waals surface area contributed by atoms with Crippen molar-refractivity contribution in [1.82, 2.24) is 15.1 Å². The van der Waals surface area contributed by atoms with Crippen molar-refractivity contribution in [3.05, 3.63) is 64.7 Å². The van der Waals surface area contributed by atoms with Gasteiger partial charge in [0.25, 0.3) is 5.91 Å². The van der Waals surface area contributed by atoms with Gasteiger partial charge in [-0.1, -0.05) is 23.7 Å². The van der Waals surface area contributed by atoms with Crippen LogP contribution in [0.5, 0.6) is 0 Å². The Bertz CT molecular complexity index is 863. The van der Waals surface area contributed by atoms with Gasteiger partial charge in [-0.15, -0.1) is 0 Å². The highest BCUT2D eigenvalue weighted by Crippen LogP contribution is 2.19. The maximum Gasteiger partial charge on any atom is 0.321 e. The summed E-state index contributed by atoms with van der Waals surface area (Å²) in [5.74, 6) is 0.0415. The van der Waals surface area contributed by atoms with Gasteiger partial charge in [0.2, 0.25) is 0 Å². The Morgan fingerprint density at radius 3 is 2.39 bits per heavy atom. The van der Waals surface area contributed by atoms with Crippen LogP contribution in [0.1, 0.15) is 15.9 Å². The average Bonchev–Trinajstić information content (AvgIpc) is 3.14. The highest BCUT2D eigenvalue weighted by Gasteiger charge is 2.24. The topological polar surface area (TPSA) is 55.9 Å². The first kappa shape index (κ1) is 18.8. The molecule has 0 saturated carbocycles. The molecule has 1 N–H and O–H groups in total. The Labute approximate surface area is 169 Å². The van der Waals surface area contributed by atoms with Gasteiger partial charge < -0.3 is 10.2 Å². The lowest BCUT2D eigenvalue weighted by molar-refractivity contribution is 0.0628. The molecule has 3 amide bonds. The van der Waals surface area contributed by atoms with E-state index in [2.05, 4.69) is 16.3 Å². The molecule has 0 unspecified atom stereocenters. The van der Waals surface area contributed by atoms with Crippen LogP contribution in [0.25, 0.3) is 0 Å². The lowest BCUT2D eigenvalue weighted by Gasteiger charge is -2.34. The normalized spacial score (nSPS) is 17.7. The van der Waals surface area contributed by atoms with Gasteiger partial charge in [-0.2, -0.15) is 0 Å². The average molecular weight is 399 g/mol. The zero-order valence-electron chi connectivity index (χ0n) is 15.6. The lowest BCUT2D eigenvalue weighted by atomic mass is 10.1. The number of carbonyl (C=O) groups is 2. The van der Waals surface area contributed by atoms with E-state index in [1.807, 2.05) is 47.4 Å². The number of hydrogen-bond acceptors (Lipinski definition) is 3. The molecule has 6 nitrogen and oxygen atoms in total. The van der Waals surface area contributed by atoms with Crippen molar-refractivity contribution in [2.45, 2.75) is 6.54 Å². The summed E-state index contributed by atoms with van der Waals surface area (Å²) in [4.78, 5) is 30.5. The summed E-state index contributed by atoms with van der Waals surface area (Å²) in [6.07, 6.45) is 0. The molecule has 2 aliphatic heterocycles. The third-order valence-electron chi connectivity index (χ3n) is 5.24. The SMILES string of the molecule is O=C(c1ccc(N2CCNC2=O)cc1)N1CCN(Cc2cccc(Cl)c2)CC1. The summed E-state index contributed by atoms with van der Waals surface area (Å²) in [5.41, 5.74) is 2.67. The molecule has 0 radical (unpaired) electrons. The monoisotopic (exact) mass is 398 g/mol. The number of nitrogens with zero attached hydrogens (tertiary/aromatic N) is 3. The fraction of sp³-hybridized carbons (Fsp3) is 0.333. The van der Waals surface area contributed by atoms with E-state index < -0.39 is 0 Å². The van der Waals surface area contributed by atoms with Gasteiger partial charge in [-0.3, -0.25) is 14.6 Å². The number of benzene rings is 2. The number of hydrogen-bond donors (Lipinski definition) is 1. The van der Waals surface area contributed by atoms with E-state index in [4.69, 9.17) is 11.6 Å². The van der Waals surface area contributed by atoms with Crippen molar-refractivity contribution < 1.29 is 9.59 Å². The molecule has 0 spiro atoms. The first-order chi connectivity index (χ1) is 13.6. The number of rotatable bonds is 4. The highest BCUT2D eigenvalue weighted by atomic mass is 35.5. The van der Waals surface area contributed by atoms with Gasteiger partial charge in [-0.25, -0.2) is 4.79 Å². The molecule has 0 atom stereocenters. The van der Waals surface area contributed by atoms with Crippen molar-refractivity contribution in [3.63, 3.8) is 0 Å². The molecule has 2 aromatic rings. The zero-order chi connectivity index (χ0) is 19.5. The van der Waals surface area contributed by atoms with Crippen LogP contribution >= 0.6 is 11.6 Å². The molecule has 2 aromatic carbocycles. The molecule has 4 rings (SSSR count). The summed E-state index contributed by atoms with van der Waals surface area (Å²) in [7, 11) is 0. The molecule has 0 aliphatic carbocycles. The molecule has 2 aliphatic rings. The highest BCUT2D eigenvalue weighted by molar-refractivity contribution is 6.30. The first-order valence-corrected chi connectivity index (χ1v) is 9.89. The standard InChI is InChI=1S/C21H23ClN4O2/c22-18-3-1-2-16(14-18)15-24-10-12-25(13-11-24)20(27)17-4-6-19(7-5-17)26-9-8-23-21(26)28/h1-7,14H,8-13,15H2,(H,23,28). The Morgan fingerprint density at radius 2 is 1.75 bits per heavy atom. The van der Waals surface area contributed by atoms with Crippen molar-refractivity contribution in [1.29, 1.82) is 0 Å². The van der Waals surface area contributed by atoms with Gasteiger partial charge in [0.05, 0.1) is 0 Å². The maximum absolute atomic E-state index is 12.8. The van der Waals surface area contributed by atoms with E-state index in [1.54, 1.807) is 4.90 Å². The van der Waals surface area contributed by atoms with Crippen LogP contribution in [0, 0.1) is 0 Å². The van der Waals surface area contributed by atoms with E-state index >= 15 is 0 Å². The summed E-state index contributed by atoms with van der Waals surface area (Å²) in [6.45, 7) is 5.23. The van der Waals surface area contributed by atoms with Crippen molar-refractivity contribution in [3.8, 4) is 0 Å². The molecule has 0 aromatic heterocycles. The molecule has 2 heterocycles. The van der Waals surface area contributed by atoms with E-state index in [0.29, 0.717) is 31.7 Å². The second kappa shape index (κ2) is 8.20. The van der Waals surface area contributed by atoms with Crippen LogP contribution in [0.4, 0.5) is 10.5 Å². The van der Waals surface area contributed by atoms with Crippen molar-refractivity contribution in [2.24, 2.45) is 0 Å². The number of piperazine rings is 1. The van der Waals surface area contributed by atoms with Crippen LogP contribution in [0.2, 0.25) is 5.02 Å². The number of urea groups is 1. The minimum atomic E-state index is -0.0881. The largest absolute Gasteiger partial charge is 0.336 e. The number of halogens is 1. The smallest absolute Gasteiger partial charge is 0.321 e. The van der Waals surface area contributed by atoms with Crippen LogP contribution in [0.15, 0.2) is 48.5 Å². The molecule has 146 valence electrons. The van der Waals surface area contributed by atoms with E-state index in [9.17, 15) is 9.59 Å². The molecule has 28 heavy (non-hydrogen) atoms. The van der Waals surface area contributed by atoms with Gasteiger partial charge in [-0.05, 0) is 42.0 Å². The summed E-state index contributed by atoms with van der Waals surface area (Å²) < 4.78 is 0. The predicted molar refractivity (Wildman–Crippen MR) is 110 cm³/mol. The Balaban J connectivity index is 1.33. The molecular weight excluding hydrogens is 376 g/mol. The van der Waals surface area contributed by atoms with Gasteiger partial charge in [0, 0.05) is 62.1 Å². The van der Waals surface area contributed by atoms with Gasteiger partial charge in [0.1, 0.15) is 0 Å². The Kier molecular flexibility index (Phi) is 5.50. The van der Waals surface area contributed by atoms with E-state index in [0.717, 1.165) is 30.3 Å².